The Morgan fingerprint density at radius 1 is 1.40 bits per heavy atom. The first-order valence-electron chi connectivity index (χ1n) is 6.57. The first kappa shape index (κ1) is 15.0. The van der Waals surface area contributed by atoms with Gasteiger partial charge in [0.15, 0.2) is 5.69 Å². The van der Waals surface area contributed by atoms with Gasteiger partial charge in [-0.25, -0.2) is 4.68 Å². The van der Waals surface area contributed by atoms with Gasteiger partial charge in [-0.3, -0.25) is 4.79 Å². The van der Waals surface area contributed by atoms with E-state index in [1.54, 1.807) is 0 Å². The summed E-state index contributed by atoms with van der Waals surface area (Å²) < 4.78 is 38.5. The lowest BCUT2D eigenvalue weighted by molar-refractivity contribution is -0.142. The van der Waals surface area contributed by atoms with Gasteiger partial charge in [0, 0.05) is 6.07 Å². The molecular formula is C13H17F3N2O2. The molecule has 112 valence electrons. The molecule has 0 radical (unpaired) electrons. The van der Waals surface area contributed by atoms with Crippen LogP contribution in [0.5, 0.6) is 0 Å². The number of hydrogen-bond donors (Lipinski definition) is 1. The van der Waals surface area contributed by atoms with Gasteiger partial charge < -0.3 is 5.11 Å². The van der Waals surface area contributed by atoms with Crippen molar-refractivity contribution in [3.63, 3.8) is 0 Å². The molecule has 1 N–H and O–H groups in total. The SMILES string of the molecule is CC1CCC(O)(Cn2nc(C(F)(F)F)ccc2=O)CC1. The van der Waals surface area contributed by atoms with Crippen LogP contribution in [0.15, 0.2) is 16.9 Å². The number of alkyl halides is 3. The van der Waals surface area contributed by atoms with E-state index in [9.17, 15) is 23.1 Å². The van der Waals surface area contributed by atoms with Crippen molar-refractivity contribution in [1.82, 2.24) is 9.78 Å². The Bertz CT molecular complexity index is 531. The molecule has 4 nitrogen and oxygen atoms in total. The van der Waals surface area contributed by atoms with Crippen molar-refractivity contribution in [3.05, 3.63) is 28.2 Å². The quantitative estimate of drug-likeness (QED) is 0.908. The van der Waals surface area contributed by atoms with Gasteiger partial charge in [0.2, 0.25) is 0 Å². The fourth-order valence-corrected chi connectivity index (χ4v) is 2.45. The van der Waals surface area contributed by atoms with Crippen molar-refractivity contribution in [3.8, 4) is 0 Å². The standard InChI is InChI=1S/C13H17F3N2O2/c1-9-4-6-12(20,7-5-9)8-18-11(19)3-2-10(17-18)13(14,15)16/h2-3,9,20H,4-8H2,1H3. The van der Waals surface area contributed by atoms with Crippen LogP contribution in [0.25, 0.3) is 0 Å². The van der Waals surface area contributed by atoms with E-state index in [4.69, 9.17) is 0 Å². The second-order valence-corrected chi connectivity index (χ2v) is 5.62. The van der Waals surface area contributed by atoms with E-state index in [1.165, 1.54) is 0 Å². The number of rotatable bonds is 2. The highest BCUT2D eigenvalue weighted by Crippen LogP contribution is 2.33. The topological polar surface area (TPSA) is 55.1 Å². The summed E-state index contributed by atoms with van der Waals surface area (Å²) in [5.41, 5.74) is -2.90. The number of aliphatic hydroxyl groups is 1. The molecule has 1 aliphatic rings. The fourth-order valence-electron chi connectivity index (χ4n) is 2.45. The van der Waals surface area contributed by atoms with E-state index < -0.39 is 23.0 Å². The molecule has 1 saturated carbocycles. The summed E-state index contributed by atoms with van der Waals surface area (Å²) in [7, 11) is 0. The van der Waals surface area contributed by atoms with E-state index in [1.807, 2.05) is 0 Å². The van der Waals surface area contributed by atoms with Crippen LogP contribution < -0.4 is 5.56 Å². The van der Waals surface area contributed by atoms with Gasteiger partial charge >= 0.3 is 6.18 Å². The fraction of sp³-hybridized carbons (Fsp3) is 0.692. The summed E-state index contributed by atoms with van der Waals surface area (Å²) in [5.74, 6) is 0.487. The predicted molar refractivity (Wildman–Crippen MR) is 66.1 cm³/mol. The molecule has 0 atom stereocenters. The maximum Gasteiger partial charge on any atom is 0.435 e. The maximum absolute atomic E-state index is 12.6. The average molecular weight is 290 g/mol. The van der Waals surface area contributed by atoms with E-state index in [-0.39, 0.29) is 6.54 Å². The molecular weight excluding hydrogens is 273 g/mol. The minimum Gasteiger partial charge on any atom is -0.388 e. The van der Waals surface area contributed by atoms with Crippen molar-refractivity contribution in [2.24, 2.45) is 5.92 Å². The normalized spacial score (nSPS) is 27.6. The Labute approximate surface area is 114 Å². The zero-order valence-electron chi connectivity index (χ0n) is 11.2. The van der Waals surface area contributed by atoms with Gasteiger partial charge in [0.05, 0.1) is 12.1 Å². The molecule has 0 unspecified atom stereocenters. The highest BCUT2D eigenvalue weighted by molar-refractivity contribution is 5.04. The first-order chi connectivity index (χ1) is 9.20. The summed E-state index contributed by atoms with van der Waals surface area (Å²) >= 11 is 0. The second-order valence-electron chi connectivity index (χ2n) is 5.62. The highest BCUT2D eigenvalue weighted by Gasteiger charge is 2.36. The lowest BCUT2D eigenvalue weighted by atomic mass is 9.79. The predicted octanol–water partition coefficient (Wildman–Crippen LogP) is 2.20. The number of nitrogens with zero attached hydrogens (tertiary/aromatic N) is 2. The summed E-state index contributed by atoms with van der Waals surface area (Å²) in [5, 5.41) is 13.7. The molecule has 2 rings (SSSR count). The van der Waals surface area contributed by atoms with Gasteiger partial charge in [0.25, 0.3) is 5.56 Å². The molecule has 0 saturated heterocycles. The number of halogens is 3. The van der Waals surface area contributed by atoms with Crippen LogP contribution in [-0.2, 0) is 12.7 Å². The molecule has 7 heteroatoms. The van der Waals surface area contributed by atoms with Crippen LogP contribution in [0, 0.1) is 5.92 Å². The minimum absolute atomic E-state index is 0.192. The average Bonchev–Trinajstić information content (AvgIpc) is 2.35. The molecule has 1 fully saturated rings. The Morgan fingerprint density at radius 2 is 2.00 bits per heavy atom. The number of hydrogen-bond acceptors (Lipinski definition) is 3. The number of aromatic nitrogens is 2. The third kappa shape index (κ3) is 3.39. The molecule has 0 amide bonds. The zero-order valence-corrected chi connectivity index (χ0v) is 11.2. The molecule has 20 heavy (non-hydrogen) atoms. The third-order valence-electron chi connectivity index (χ3n) is 3.81. The summed E-state index contributed by atoms with van der Waals surface area (Å²) in [4.78, 5) is 11.6. The molecule has 0 aliphatic heterocycles. The highest BCUT2D eigenvalue weighted by atomic mass is 19.4. The van der Waals surface area contributed by atoms with Crippen molar-refractivity contribution in [2.75, 3.05) is 0 Å². The molecule has 1 heterocycles. The van der Waals surface area contributed by atoms with Crippen LogP contribution in [-0.4, -0.2) is 20.5 Å². The van der Waals surface area contributed by atoms with E-state index in [0.717, 1.165) is 23.6 Å². The smallest absolute Gasteiger partial charge is 0.388 e. The molecule has 0 bridgehead atoms. The van der Waals surface area contributed by atoms with Crippen LogP contribution in [0.2, 0.25) is 0 Å². The molecule has 0 aromatic carbocycles. The van der Waals surface area contributed by atoms with E-state index in [2.05, 4.69) is 12.0 Å². The lowest BCUT2D eigenvalue weighted by Crippen LogP contribution is -2.42. The van der Waals surface area contributed by atoms with Crippen LogP contribution >= 0.6 is 0 Å². The van der Waals surface area contributed by atoms with Gasteiger partial charge in [0.1, 0.15) is 0 Å². The summed E-state index contributed by atoms with van der Waals surface area (Å²) in [6.07, 6.45) is -2.06. The lowest BCUT2D eigenvalue weighted by Gasteiger charge is -2.34. The van der Waals surface area contributed by atoms with Crippen molar-refractivity contribution in [1.29, 1.82) is 0 Å². The van der Waals surface area contributed by atoms with Gasteiger partial charge in [-0.15, -0.1) is 0 Å². The largest absolute Gasteiger partial charge is 0.435 e. The molecule has 1 aromatic rings. The molecule has 0 spiro atoms. The van der Waals surface area contributed by atoms with E-state index in [0.29, 0.717) is 24.8 Å². The van der Waals surface area contributed by atoms with Crippen molar-refractivity contribution >= 4 is 0 Å². The maximum atomic E-state index is 12.6. The van der Waals surface area contributed by atoms with Crippen molar-refractivity contribution < 1.29 is 18.3 Å². The first-order valence-corrected chi connectivity index (χ1v) is 6.57. The van der Waals surface area contributed by atoms with Gasteiger partial charge in [-0.2, -0.15) is 18.3 Å². The van der Waals surface area contributed by atoms with Crippen LogP contribution in [0.1, 0.15) is 38.3 Å². The van der Waals surface area contributed by atoms with Crippen LogP contribution in [0.3, 0.4) is 0 Å². The third-order valence-corrected chi connectivity index (χ3v) is 3.81. The summed E-state index contributed by atoms with van der Waals surface area (Å²) in [6, 6.07) is 1.50. The Kier molecular flexibility index (Phi) is 3.90. The Balaban J connectivity index is 2.23. The molecule has 1 aromatic heterocycles. The summed E-state index contributed by atoms with van der Waals surface area (Å²) in [6.45, 7) is 1.87. The van der Waals surface area contributed by atoms with Crippen LogP contribution in [0.4, 0.5) is 13.2 Å². The van der Waals surface area contributed by atoms with Crippen molar-refractivity contribution in [2.45, 2.75) is 50.9 Å². The minimum atomic E-state index is -4.60. The van der Waals surface area contributed by atoms with Gasteiger partial charge in [-0.05, 0) is 37.7 Å². The Hall–Kier alpha value is -1.37. The Morgan fingerprint density at radius 3 is 2.55 bits per heavy atom. The van der Waals surface area contributed by atoms with E-state index >= 15 is 0 Å². The van der Waals surface area contributed by atoms with Gasteiger partial charge in [-0.1, -0.05) is 6.92 Å². The molecule has 1 aliphatic carbocycles. The second kappa shape index (κ2) is 5.20. The monoisotopic (exact) mass is 290 g/mol. The zero-order chi connectivity index (χ0) is 15.0.